The monoisotopic (exact) mass is 344 g/mol. The Kier molecular flexibility index (Phi) is 9.86. The van der Waals surface area contributed by atoms with E-state index in [1.807, 2.05) is 6.07 Å². The molecule has 0 aliphatic heterocycles. The highest BCUT2D eigenvalue weighted by Gasteiger charge is 2.14. The Labute approximate surface area is 152 Å². The summed E-state index contributed by atoms with van der Waals surface area (Å²) in [5.41, 5.74) is 2.37. The molecule has 0 aromatic heterocycles. The second kappa shape index (κ2) is 11.6. The molecule has 138 valence electrons. The fourth-order valence-electron chi connectivity index (χ4n) is 2.45. The van der Waals surface area contributed by atoms with Gasteiger partial charge < -0.3 is 9.84 Å². The molecule has 0 spiro atoms. The predicted octanol–water partition coefficient (Wildman–Crippen LogP) is 5.85. The molecular formula is C22H32O3. The lowest BCUT2D eigenvalue weighted by Crippen LogP contribution is -2.16. The number of benzene rings is 1. The van der Waals surface area contributed by atoms with Crippen molar-refractivity contribution in [2.75, 3.05) is 6.61 Å². The molecule has 1 aromatic carbocycles. The van der Waals surface area contributed by atoms with Crippen LogP contribution in [0.25, 0.3) is 6.08 Å². The van der Waals surface area contributed by atoms with E-state index in [0.29, 0.717) is 19.6 Å². The Morgan fingerprint density at radius 3 is 2.68 bits per heavy atom. The first-order valence-corrected chi connectivity index (χ1v) is 9.16. The molecule has 3 heteroatoms. The standard InChI is InChI=1S/C22H32O3/c1-4-5-7-12-19-13-9-10-14-20(19)17-25-18-22(2,3)16-11-6-8-15-21(23)24/h7,9-14,16H,4-6,8,15,17-18H2,1-3H3,(H,23,24)/b12-7?,16-11-. The average molecular weight is 344 g/mol. The zero-order valence-electron chi connectivity index (χ0n) is 15.8. The van der Waals surface area contributed by atoms with E-state index in [-0.39, 0.29) is 11.8 Å². The second-order valence-electron chi connectivity index (χ2n) is 7.06. The normalized spacial score (nSPS) is 12.3. The summed E-state index contributed by atoms with van der Waals surface area (Å²) in [5.74, 6) is -0.734. The predicted molar refractivity (Wildman–Crippen MR) is 104 cm³/mol. The minimum atomic E-state index is -0.734. The SMILES string of the molecule is CCCC=Cc1ccccc1COCC(C)(C)/C=C\CCCC(=O)O. The molecule has 0 amide bonds. The van der Waals surface area contributed by atoms with Crippen LogP contribution >= 0.6 is 0 Å². The van der Waals surface area contributed by atoms with Crippen LogP contribution in [0.3, 0.4) is 0 Å². The van der Waals surface area contributed by atoms with Crippen molar-refractivity contribution in [3.63, 3.8) is 0 Å². The maximum Gasteiger partial charge on any atom is 0.303 e. The molecule has 0 aliphatic rings. The molecular weight excluding hydrogens is 312 g/mol. The largest absolute Gasteiger partial charge is 0.481 e. The lowest BCUT2D eigenvalue weighted by atomic mass is 9.93. The first-order chi connectivity index (χ1) is 11.9. The van der Waals surface area contributed by atoms with Gasteiger partial charge in [-0.25, -0.2) is 0 Å². The van der Waals surface area contributed by atoms with Crippen LogP contribution in [0, 0.1) is 5.41 Å². The van der Waals surface area contributed by atoms with Crippen molar-refractivity contribution < 1.29 is 14.6 Å². The molecule has 0 aliphatic carbocycles. The zero-order valence-corrected chi connectivity index (χ0v) is 15.8. The molecule has 0 heterocycles. The number of aliphatic carboxylic acids is 1. The number of ether oxygens (including phenoxy) is 1. The molecule has 1 rings (SSSR count). The minimum Gasteiger partial charge on any atom is -0.481 e. The highest BCUT2D eigenvalue weighted by Crippen LogP contribution is 2.20. The van der Waals surface area contributed by atoms with Gasteiger partial charge in [-0.05, 0) is 30.4 Å². The van der Waals surface area contributed by atoms with Gasteiger partial charge in [-0.1, -0.05) is 75.8 Å². The molecule has 0 saturated carbocycles. The van der Waals surface area contributed by atoms with E-state index in [2.05, 4.69) is 63.3 Å². The molecule has 1 aromatic rings. The first kappa shape index (κ1) is 21.2. The summed E-state index contributed by atoms with van der Waals surface area (Å²) < 4.78 is 5.95. The molecule has 3 nitrogen and oxygen atoms in total. The van der Waals surface area contributed by atoms with Crippen molar-refractivity contribution in [2.45, 2.75) is 59.5 Å². The fraction of sp³-hybridized carbons (Fsp3) is 0.500. The molecule has 0 saturated heterocycles. The third kappa shape index (κ3) is 9.88. The molecule has 0 fully saturated rings. The fourth-order valence-corrected chi connectivity index (χ4v) is 2.45. The average Bonchev–Trinajstić information content (AvgIpc) is 2.55. The maximum atomic E-state index is 10.5. The Morgan fingerprint density at radius 1 is 1.20 bits per heavy atom. The molecule has 1 N–H and O–H groups in total. The second-order valence-corrected chi connectivity index (χ2v) is 7.06. The van der Waals surface area contributed by atoms with Gasteiger partial charge in [-0.3, -0.25) is 4.79 Å². The van der Waals surface area contributed by atoms with E-state index in [1.54, 1.807) is 0 Å². The van der Waals surface area contributed by atoms with Gasteiger partial charge in [0.15, 0.2) is 0 Å². The number of hydrogen-bond donors (Lipinski definition) is 1. The van der Waals surface area contributed by atoms with Crippen molar-refractivity contribution in [1.82, 2.24) is 0 Å². The molecule has 0 bridgehead atoms. The number of allylic oxidation sites excluding steroid dienone is 2. The number of carboxylic acid groups (broad SMARTS) is 1. The van der Waals surface area contributed by atoms with E-state index in [4.69, 9.17) is 9.84 Å². The summed E-state index contributed by atoms with van der Waals surface area (Å²) in [6.45, 7) is 7.68. The third-order valence-electron chi connectivity index (χ3n) is 3.87. The van der Waals surface area contributed by atoms with E-state index in [9.17, 15) is 4.79 Å². The van der Waals surface area contributed by atoms with Crippen LogP contribution < -0.4 is 0 Å². The van der Waals surface area contributed by atoms with Gasteiger partial charge in [-0.2, -0.15) is 0 Å². The van der Waals surface area contributed by atoms with Gasteiger partial charge in [-0.15, -0.1) is 0 Å². The lowest BCUT2D eigenvalue weighted by Gasteiger charge is -2.20. The van der Waals surface area contributed by atoms with Crippen LogP contribution in [0.1, 0.15) is 64.0 Å². The lowest BCUT2D eigenvalue weighted by molar-refractivity contribution is -0.137. The summed E-state index contributed by atoms with van der Waals surface area (Å²) >= 11 is 0. The quantitative estimate of drug-likeness (QED) is 0.382. The Balaban J connectivity index is 2.45. The molecule has 0 radical (unpaired) electrons. The van der Waals surface area contributed by atoms with Crippen LogP contribution in [-0.2, 0) is 16.1 Å². The van der Waals surface area contributed by atoms with E-state index >= 15 is 0 Å². The van der Waals surface area contributed by atoms with Crippen LogP contribution in [0.4, 0.5) is 0 Å². The van der Waals surface area contributed by atoms with Crippen molar-refractivity contribution >= 4 is 12.0 Å². The third-order valence-corrected chi connectivity index (χ3v) is 3.87. The number of carboxylic acids is 1. The smallest absolute Gasteiger partial charge is 0.303 e. The van der Waals surface area contributed by atoms with Crippen molar-refractivity contribution in [3.8, 4) is 0 Å². The summed E-state index contributed by atoms with van der Waals surface area (Å²) in [7, 11) is 0. The van der Waals surface area contributed by atoms with E-state index < -0.39 is 5.97 Å². The van der Waals surface area contributed by atoms with Crippen LogP contribution in [0.2, 0.25) is 0 Å². The molecule has 0 atom stereocenters. The number of hydrogen-bond acceptors (Lipinski definition) is 2. The zero-order chi connectivity index (χ0) is 18.5. The Morgan fingerprint density at radius 2 is 1.96 bits per heavy atom. The van der Waals surface area contributed by atoms with Gasteiger partial charge in [0.2, 0.25) is 0 Å². The van der Waals surface area contributed by atoms with Crippen molar-refractivity contribution in [1.29, 1.82) is 0 Å². The van der Waals surface area contributed by atoms with Gasteiger partial charge in [0.05, 0.1) is 13.2 Å². The van der Waals surface area contributed by atoms with Crippen LogP contribution in [0.15, 0.2) is 42.5 Å². The van der Waals surface area contributed by atoms with Crippen LogP contribution in [0.5, 0.6) is 0 Å². The highest BCUT2D eigenvalue weighted by molar-refractivity contribution is 5.66. The number of rotatable bonds is 12. The van der Waals surface area contributed by atoms with Gasteiger partial charge in [0.1, 0.15) is 0 Å². The first-order valence-electron chi connectivity index (χ1n) is 9.16. The minimum absolute atomic E-state index is 0.0593. The van der Waals surface area contributed by atoms with Crippen molar-refractivity contribution in [3.05, 3.63) is 53.6 Å². The number of carbonyl (C=O) groups is 1. The van der Waals surface area contributed by atoms with Gasteiger partial charge in [0, 0.05) is 11.8 Å². The van der Waals surface area contributed by atoms with E-state index in [1.165, 1.54) is 11.1 Å². The molecule has 25 heavy (non-hydrogen) atoms. The van der Waals surface area contributed by atoms with Crippen LogP contribution in [-0.4, -0.2) is 17.7 Å². The number of unbranched alkanes of at least 4 members (excludes halogenated alkanes) is 2. The summed E-state index contributed by atoms with van der Waals surface area (Å²) in [4.78, 5) is 10.5. The van der Waals surface area contributed by atoms with Crippen molar-refractivity contribution in [2.24, 2.45) is 5.41 Å². The topological polar surface area (TPSA) is 46.5 Å². The van der Waals surface area contributed by atoms with Gasteiger partial charge in [0.25, 0.3) is 0 Å². The summed E-state index contributed by atoms with van der Waals surface area (Å²) in [5, 5.41) is 8.64. The Bertz CT molecular complexity index is 570. The summed E-state index contributed by atoms with van der Waals surface area (Å²) in [6.07, 6.45) is 12.5. The molecule has 0 unspecified atom stereocenters. The Hall–Kier alpha value is -1.87. The highest BCUT2D eigenvalue weighted by atomic mass is 16.5. The maximum absolute atomic E-state index is 10.5. The van der Waals surface area contributed by atoms with E-state index in [0.717, 1.165) is 19.3 Å². The van der Waals surface area contributed by atoms with Gasteiger partial charge >= 0.3 is 5.97 Å². The summed E-state index contributed by atoms with van der Waals surface area (Å²) in [6, 6.07) is 8.33.